The van der Waals surface area contributed by atoms with E-state index in [1.54, 1.807) is 0 Å². The van der Waals surface area contributed by atoms with Gasteiger partial charge < -0.3 is 10.6 Å². The molecule has 1 saturated heterocycles. The number of hydrogen-bond acceptors (Lipinski definition) is 4. The lowest BCUT2D eigenvalue weighted by molar-refractivity contribution is 0.288. The molecule has 1 rings (SSSR count). The molecule has 6 heteroatoms. The largest absolute Gasteiger partial charge is 0.330 e. The Morgan fingerprint density at radius 1 is 1.35 bits per heavy atom. The minimum atomic E-state index is -3.12. The van der Waals surface area contributed by atoms with Crippen LogP contribution >= 0.6 is 0 Å². The Bertz CT molecular complexity index is 300. The van der Waals surface area contributed by atoms with E-state index in [1.165, 1.54) is 12.8 Å². The predicted molar refractivity (Wildman–Crippen MR) is 70.3 cm³/mol. The molecule has 0 aromatic rings. The fourth-order valence-corrected chi connectivity index (χ4v) is 3.31. The molecule has 1 aliphatic heterocycles. The van der Waals surface area contributed by atoms with Crippen molar-refractivity contribution in [2.45, 2.75) is 26.2 Å². The van der Waals surface area contributed by atoms with Crippen LogP contribution in [0.2, 0.25) is 0 Å². The van der Waals surface area contributed by atoms with Gasteiger partial charge in [0.2, 0.25) is 10.0 Å². The maximum absolute atomic E-state index is 11.6. The zero-order valence-corrected chi connectivity index (χ0v) is 11.5. The van der Waals surface area contributed by atoms with Crippen molar-refractivity contribution in [2.75, 3.05) is 38.5 Å². The summed E-state index contributed by atoms with van der Waals surface area (Å²) in [5, 5.41) is 0. The third-order valence-corrected chi connectivity index (χ3v) is 4.47. The van der Waals surface area contributed by atoms with Gasteiger partial charge in [0.25, 0.3) is 0 Å². The van der Waals surface area contributed by atoms with E-state index in [1.807, 2.05) is 0 Å². The van der Waals surface area contributed by atoms with E-state index in [0.29, 0.717) is 25.4 Å². The molecule has 1 unspecified atom stereocenters. The lowest BCUT2D eigenvalue weighted by Gasteiger charge is -2.20. The third kappa shape index (κ3) is 6.35. The standard InChI is InChI=1S/C11H25N3O2S/c1-11(10-14-6-2-3-7-14)9-13-17(15,16)8-4-5-12/h11,13H,2-10,12H2,1H3. The van der Waals surface area contributed by atoms with Gasteiger partial charge in [-0.05, 0) is 44.8 Å². The van der Waals surface area contributed by atoms with Crippen molar-refractivity contribution in [3.8, 4) is 0 Å². The average Bonchev–Trinajstić information content (AvgIpc) is 2.77. The van der Waals surface area contributed by atoms with Gasteiger partial charge in [-0.2, -0.15) is 0 Å². The van der Waals surface area contributed by atoms with Gasteiger partial charge in [-0.1, -0.05) is 6.92 Å². The molecular formula is C11H25N3O2S. The molecule has 1 aliphatic rings. The second-order valence-electron chi connectivity index (χ2n) is 4.92. The number of nitrogens with one attached hydrogen (secondary N) is 1. The molecule has 0 aliphatic carbocycles. The van der Waals surface area contributed by atoms with E-state index >= 15 is 0 Å². The first-order valence-electron chi connectivity index (χ1n) is 6.43. The normalized spacial score (nSPS) is 19.6. The molecular weight excluding hydrogens is 238 g/mol. The summed E-state index contributed by atoms with van der Waals surface area (Å²) in [5.74, 6) is 0.501. The number of likely N-dealkylation sites (tertiary alicyclic amines) is 1. The van der Waals surface area contributed by atoms with Gasteiger partial charge in [0.1, 0.15) is 0 Å². The molecule has 0 saturated carbocycles. The molecule has 0 spiro atoms. The first kappa shape index (κ1) is 14.9. The summed E-state index contributed by atoms with van der Waals surface area (Å²) in [4.78, 5) is 2.40. The summed E-state index contributed by atoms with van der Waals surface area (Å²) >= 11 is 0. The molecule has 1 heterocycles. The molecule has 17 heavy (non-hydrogen) atoms. The van der Waals surface area contributed by atoms with Gasteiger partial charge in [0.05, 0.1) is 5.75 Å². The van der Waals surface area contributed by atoms with E-state index in [-0.39, 0.29) is 5.75 Å². The lowest BCUT2D eigenvalue weighted by Crippen LogP contribution is -2.35. The van der Waals surface area contributed by atoms with Crippen molar-refractivity contribution in [3.05, 3.63) is 0 Å². The van der Waals surface area contributed by atoms with E-state index < -0.39 is 10.0 Å². The highest BCUT2D eigenvalue weighted by molar-refractivity contribution is 7.89. The molecule has 0 bridgehead atoms. The molecule has 0 amide bonds. The van der Waals surface area contributed by atoms with Crippen molar-refractivity contribution in [1.29, 1.82) is 0 Å². The summed E-state index contributed by atoms with van der Waals surface area (Å²) in [6.07, 6.45) is 3.07. The summed E-state index contributed by atoms with van der Waals surface area (Å²) in [6, 6.07) is 0. The molecule has 0 aromatic carbocycles. The van der Waals surface area contributed by atoms with Crippen LogP contribution in [0.25, 0.3) is 0 Å². The van der Waals surface area contributed by atoms with Crippen LogP contribution in [-0.2, 0) is 10.0 Å². The minimum Gasteiger partial charge on any atom is -0.330 e. The highest BCUT2D eigenvalue weighted by Crippen LogP contribution is 2.09. The second kappa shape index (κ2) is 7.31. The summed E-state index contributed by atoms with van der Waals surface area (Å²) in [5.41, 5.74) is 5.30. The molecule has 0 radical (unpaired) electrons. The average molecular weight is 263 g/mol. The molecule has 1 fully saturated rings. The Kier molecular flexibility index (Phi) is 6.40. The van der Waals surface area contributed by atoms with Crippen LogP contribution in [0, 0.1) is 5.92 Å². The van der Waals surface area contributed by atoms with Gasteiger partial charge in [-0.25, -0.2) is 13.1 Å². The van der Waals surface area contributed by atoms with Crippen LogP contribution in [0.3, 0.4) is 0 Å². The Balaban J connectivity index is 2.19. The van der Waals surface area contributed by atoms with Crippen molar-refractivity contribution in [1.82, 2.24) is 9.62 Å². The first-order chi connectivity index (χ1) is 8.03. The van der Waals surface area contributed by atoms with Crippen molar-refractivity contribution < 1.29 is 8.42 Å². The van der Waals surface area contributed by atoms with Gasteiger partial charge in [0.15, 0.2) is 0 Å². The van der Waals surface area contributed by atoms with Crippen molar-refractivity contribution >= 4 is 10.0 Å². The van der Waals surface area contributed by atoms with Gasteiger partial charge in [-0.3, -0.25) is 0 Å². The van der Waals surface area contributed by atoms with E-state index in [4.69, 9.17) is 5.73 Å². The molecule has 3 N–H and O–H groups in total. The molecule has 0 aromatic heterocycles. The number of hydrogen-bond donors (Lipinski definition) is 2. The number of sulfonamides is 1. The van der Waals surface area contributed by atoms with Gasteiger partial charge in [0, 0.05) is 13.1 Å². The molecule has 5 nitrogen and oxygen atoms in total. The summed E-state index contributed by atoms with van der Waals surface area (Å²) in [6.45, 7) is 6.34. The highest BCUT2D eigenvalue weighted by atomic mass is 32.2. The first-order valence-corrected chi connectivity index (χ1v) is 8.08. The number of nitrogens with two attached hydrogens (primary N) is 1. The van der Waals surface area contributed by atoms with Crippen LogP contribution in [0.5, 0.6) is 0 Å². The monoisotopic (exact) mass is 263 g/mol. The van der Waals surface area contributed by atoms with Crippen LogP contribution < -0.4 is 10.5 Å². The van der Waals surface area contributed by atoms with Crippen molar-refractivity contribution in [3.63, 3.8) is 0 Å². The topological polar surface area (TPSA) is 75.4 Å². The van der Waals surface area contributed by atoms with Crippen molar-refractivity contribution in [2.24, 2.45) is 11.7 Å². The molecule has 1 atom stereocenters. The Morgan fingerprint density at radius 2 is 2.00 bits per heavy atom. The Morgan fingerprint density at radius 3 is 2.59 bits per heavy atom. The zero-order valence-electron chi connectivity index (χ0n) is 10.7. The van der Waals surface area contributed by atoms with E-state index in [0.717, 1.165) is 19.6 Å². The summed E-state index contributed by atoms with van der Waals surface area (Å²) in [7, 11) is -3.12. The predicted octanol–water partition coefficient (Wildman–Crippen LogP) is -0.0135. The fourth-order valence-electron chi connectivity index (χ4n) is 2.09. The quantitative estimate of drug-likeness (QED) is 0.646. The lowest BCUT2D eigenvalue weighted by atomic mass is 10.2. The zero-order chi connectivity index (χ0) is 12.7. The maximum Gasteiger partial charge on any atom is 0.211 e. The Labute approximate surface area is 105 Å². The van der Waals surface area contributed by atoms with E-state index in [9.17, 15) is 8.42 Å². The van der Waals surface area contributed by atoms with E-state index in [2.05, 4.69) is 16.5 Å². The smallest absolute Gasteiger partial charge is 0.211 e. The third-order valence-electron chi connectivity index (χ3n) is 3.04. The number of nitrogens with zero attached hydrogens (tertiary/aromatic N) is 1. The van der Waals surface area contributed by atoms with Crippen LogP contribution in [0.1, 0.15) is 26.2 Å². The fraction of sp³-hybridized carbons (Fsp3) is 1.00. The minimum absolute atomic E-state index is 0.139. The van der Waals surface area contributed by atoms with Gasteiger partial charge in [-0.15, -0.1) is 0 Å². The number of rotatable bonds is 8. The highest BCUT2D eigenvalue weighted by Gasteiger charge is 2.16. The Hall–Kier alpha value is -0.170. The van der Waals surface area contributed by atoms with Crippen LogP contribution in [-0.4, -0.2) is 51.8 Å². The summed E-state index contributed by atoms with van der Waals surface area (Å²) < 4.78 is 25.8. The van der Waals surface area contributed by atoms with Crippen LogP contribution in [0.15, 0.2) is 0 Å². The molecule has 102 valence electrons. The SMILES string of the molecule is CC(CNS(=O)(=O)CCCN)CN1CCCC1. The van der Waals surface area contributed by atoms with Crippen LogP contribution in [0.4, 0.5) is 0 Å². The van der Waals surface area contributed by atoms with Gasteiger partial charge >= 0.3 is 0 Å². The maximum atomic E-state index is 11.6. The second-order valence-corrected chi connectivity index (χ2v) is 6.85.